The van der Waals surface area contributed by atoms with Crippen molar-refractivity contribution in [2.45, 2.75) is 0 Å². The van der Waals surface area contributed by atoms with Crippen LogP contribution in [0, 0.1) is 0 Å². The molecule has 13 heavy (non-hydrogen) atoms. The van der Waals surface area contributed by atoms with Gasteiger partial charge < -0.3 is 10.9 Å². The Morgan fingerprint density at radius 2 is 2.00 bits per heavy atom. The van der Waals surface area contributed by atoms with Crippen LogP contribution in [-0.2, 0) is 0 Å². The van der Waals surface area contributed by atoms with E-state index in [1.807, 2.05) is 0 Å². The van der Waals surface area contributed by atoms with Gasteiger partial charge >= 0.3 is 0 Å². The second-order valence-corrected chi connectivity index (χ2v) is 2.81. The molecule has 1 heterocycles. The smallest absolute Gasteiger partial charge is 0.188 e. The Balaban J connectivity index is 2.91. The summed E-state index contributed by atoms with van der Waals surface area (Å²) in [5.41, 5.74) is 7.12. The van der Waals surface area contributed by atoms with Crippen molar-refractivity contribution in [2.75, 3.05) is 5.73 Å². The highest BCUT2D eigenvalue weighted by Crippen LogP contribution is 2.22. The Morgan fingerprint density at radius 3 is 2.77 bits per heavy atom. The van der Waals surface area contributed by atoms with Crippen LogP contribution in [0.3, 0.4) is 0 Å². The zero-order chi connectivity index (χ0) is 9.42. The predicted molar refractivity (Wildman–Crippen MR) is 48.9 cm³/mol. The van der Waals surface area contributed by atoms with Crippen LogP contribution in [0.4, 0.5) is 5.69 Å². The van der Waals surface area contributed by atoms with E-state index in [1.54, 1.807) is 12.1 Å². The molecule has 0 saturated heterocycles. The van der Waals surface area contributed by atoms with Gasteiger partial charge in [-0.25, -0.2) is 4.73 Å². The van der Waals surface area contributed by atoms with Gasteiger partial charge in [-0.05, 0) is 18.2 Å². The first-order valence-corrected chi connectivity index (χ1v) is 3.78. The lowest BCUT2D eigenvalue weighted by Gasteiger charge is -2.07. The van der Waals surface area contributed by atoms with Crippen LogP contribution in [0.15, 0.2) is 35.4 Å². The average molecular weight is 176 g/mol. The lowest BCUT2D eigenvalue weighted by atomic mass is 10.0. The van der Waals surface area contributed by atoms with Crippen LogP contribution in [0.5, 0.6) is 0 Å². The van der Waals surface area contributed by atoms with Crippen molar-refractivity contribution in [3.63, 3.8) is 0 Å². The SMILES string of the molecule is Nc1ccc(=O)c2cn(O)ccc1-2. The number of fused-ring (bicyclic) bond motifs is 1. The van der Waals surface area contributed by atoms with Crippen molar-refractivity contribution >= 4 is 5.69 Å². The third-order valence-corrected chi connectivity index (χ3v) is 1.94. The molecule has 0 saturated carbocycles. The van der Waals surface area contributed by atoms with Gasteiger partial charge in [-0.15, -0.1) is 0 Å². The highest BCUT2D eigenvalue weighted by molar-refractivity contribution is 5.76. The van der Waals surface area contributed by atoms with Gasteiger partial charge in [-0.2, -0.15) is 0 Å². The van der Waals surface area contributed by atoms with Crippen LogP contribution in [0.2, 0.25) is 0 Å². The summed E-state index contributed by atoms with van der Waals surface area (Å²) in [4.78, 5) is 11.3. The average Bonchev–Trinajstić information content (AvgIpc) is 2.12. The molecule has 0 fully saturated rings. The second-order valence-electron chi connectivity index (χ2n) is 2.81. The van der Waals surface area contributed by atoms with E-state index in [4.69, 9.17) is 10.9 Å². The van der Waals surface area contributed by atoms with E-state index in [2.05, 4.69) is 0 Å². The van der Waals surface area contributed by atoms with E-state index < -0.39 is 0 Å². The largest absolute Gasteiger partial charge is 0.429 e. The van der Waals surface area contributed by atoms with Crippen LogP contribution in [0.1, 0.15) is 0 Å². The number of benzene rings is 1. The molecular weight excluding hydrogens is 168 g/mol. The Morgan fingerprint density at radius 1 is 1.23 bits per heavy atom. The molecule has 0 bridgehead atoms. The summed E-state index contributed by atoms with van der Waals surface area (Å²) < 4.78 is 0.836. The number of nitrogen functional groups attached to an aromatic ring is 1. The minimum atomic E-state index is -0.146. The lowest BCUT2D eigenvalue weighted by molar-refractivity contribution is 0.185. The number of anilines is 1. The lowest BCUT2D eigenvalue weighted by Crippen LogP contribution is -2.08. The van der Waals surface area contributed by atoms with Gasteiger partial charge in [0, 0.05) is 17.4 Å². The van der Waals surface area contributed by atoms with Crippen LogP contribution in [-0.4, -0.2) is 9.94 Å². The zero-order valence-corrected chi connectivity index (χ0v) is 6.77. The first-order chi connectivity index (χ1) is 6.18. The van der Waals surface area contributed by atoms with Crippen molar-refractivity contribution in [3.8, 4) is 11.1 Å². The molecular formula is C9H8N2O2. The molecule has 0 unspecified atom stereocenters. The summed E-state index contributed by atoms with van der Waals surface area (Å²) in [6.07, 6.45) is 2.77. The zero-order valence-electron chi connectivity index (χ0n) is 6.77. The molecule has 1 aliphatic heterocycles. The summed E-state index contributed by atoms with van der Waals surface area (Å²) in [6.45, 7) is 0. The maximum atomic E-state index is 11.3. The third kappa shape index (κ3) is 1.12. The van der Waals surface area contributed by atoms with Crippen molar-refractivity contribution in [2.24, 2.45) is 0 Å². The minimum Gasteiger partial charge on any atom is -0.429 e. The number of nitrogens with zero attached hydrogens (tertiary/aromatic N) is 1. The Kier molecular flexibility index (Phi) is 1.48. The molecule has 3 N–H and O–H groups in total. The van der Waals surface area contributed by atoms with E-state index in [-0.39, 0.29) is 5.43 Å². The van der Waals surface area contributed by atoms with Gasteiger partial charge in [0.2, 0.25) is 0 Å². The summed E-state index contributed by atoms with van der Waals surface area (Å²) in [5, 5.41) is 9.08. The van der Waals surface area contributed by atoms with Crippen LogP contribution in [0.25, 0.3) is 11.1 Å². The first kappa shape index (κ1) is 7.67. The second kappa shape index (κ2) is 2.52. The maximum absolute atomic E-state index is 11.3. The first-order valence-electron chi connectivity index (χ1n) is 3.78. The van der Waals surface area contributed by atoms with E-state index in [0.717, 1.165) is 4.73 Å². The highest BCUT2D eigenvalue weighted by Gasteiger charge is 2.08. The number of aromatic nitrogens is 1. The number of nitrogens with two attached hydrogens (primary N) is 1. The van der Waals surface area contributed by atoms with Crippen molar-refractivity contribution in [1.82, 2.24) is 4.73 Å². The van der Waals surface area contributed by atoms with Gasteiger partial charge in [-0.1, -0.05) is 0 Å². The van der Waals surface area contributed by atoms with Crippen LogP contribution >= 0.6 is 0 Å². The quantitative estimate of drug-likeness (QED) is 0.460. The van der Waals surface area contributed by atoms with E-state index >= 15 is 0 Å². The summed E-state index contributed by atoms with van der Waals surface area (Å²) in [7, 11) is 0. The standard InChI is InChI=1S/C9H8N2O2/c10-8-1-2-9(12)7-5-11(13)4-3-6(7)8/h1-5,13H,10H2. The van der Waals surface area contributed by atoms with Gasteiger partial charge in [0.15, 0.2) is 5.43 Å². The van der Waals surface area contributed by atoms with Crippen LogP contribution < -0.4 is 11.2 Å². The third-order valence-electron chi connectivity index (χ3n) is 1.94. The number of hydrogen-bond donors (Lipinski definition) is 2. The summed E-state index contributed by atoms with van der Waals surface area (Å²) in [5.74, 6) is 0. The summed E-state index contributed by atoms with van der Waals surface area (Å²) in [6, 6.07) is 4.55. The number of rotatable bonds is 0. The fourth-order valence-corrected chi connectivity index (χ4v) is 1.28. The van der Waals surface area contributed by atoms with Crippen molar-refractivity contribution < 1.29 is 5.21 Å². The molecule has 0 atom stereocenters. The molecule has 4 heteroatoms. The monoisotopic (exact) mass is 176 g/mol. The molecule has 66 valence electrons. The van der Waals surface area contributed by atoms with E-state index in [1.165, 1.54) is 18.5 Å². The number of pyridine rings is 1. The maximum Gasteiger partial charge on any atom is 0.188 e. The van der Waals surface area contributed by atoms with Gasteiger partial charge in [0.05, 0.1) is 11.8 Å². The summed E-state index contributed by atoms with van der Waals surface area (Å²) >= 11 is 0. The molecule has 2 rings (SSSR count). The molecule has 0 aromatic heterocycles. The Labute approximate surface area is 74.1 Å². The molecule has 1 aliphatic carbocycles. The topological polar surface area (TPSA) is 68.2 Å². The van der Waals surface area contributed by atoms with Crippen molar-refractivity contribution in [1.29, 1.82) is 0 Å². The molecule has 0 amide bonds. The van der Waals surface area contributed by atoms with Gasteiger partial charge in [-0.3, -0.25) is 4.79 Å². The molecule has 0 aromatic rings. The fourth-order valence-electron chi connectivity index (χ4n) is 1.28. The predicted octanol–water partition coefficient (Wildman–Crippen LogP) is 0.773. The molecule has 0 radical (unpaired) electrons. The molecule has 0 aromatic carbocycles. The molecule has 4 nitrogen and oxygen atoms in total. The minimum absolute atomic E-state index is 0.146. The Hall–Kier alpha value is -1.97. The molecule has 2 aliphatic rings. The molecule has 0 spiro atoms. The van der Waals surface area contributed by atoms with Crippen molar-refractivity contribution in [3.05, 3.63) is 40.8 Å². The van der Waals surface area contributed by atoms with E-state index in [0.29, 0.717) is 16.8 Å². The fraction of sp³-hybridized carbons (Fsp3) is 0. The Bertz CT molecular complexity index is 476. The van der Waals surface area contributed by atoms with E-state index in [9.17, 15) is 4.79 Å². The normalized spacial score (nSPS) is 10.5. The van der Waals surface area contributed by atoms with Gasteiger partial charge in [0.1, 0.15) is 0 Å². The van der Waals surface area contributed by atoms with Gasteiger partial charge in [0.25, 0.3) is 0 Å². The highest BCUT2D eigenvalue weighted by atomic mass is 16.5. The number of hydrogen-bond acceptors (Lipinski definition) is 3.